The number of aromatic amines is 1. The number of H-pyrrole nitrogens is 1. The number of rotatable bonds is 6. The fourth-order valence-corrected chi connectivity index (χ4v) is 2.22. The van der Waals surface area contributed by atoms with Gasteiger partial charge in [0.15, 0.2) is 0 Å². The normalized spacial score (nSPS) is 20.3. The second-order valence-electron chi connectivity index (χ2n) is 4.73. The van der Waals surface area contributed by atoms with Crippen molar-refractivity contribution in [1.82, 2.24) is 15.2 Å². The van der Waals surface area contributed by atoms with Gasteiger partial charge in [-0.1, -0.05) is 0 Å². The van der Waals surface area contributed by atoms with Gasteiger partial charge >= 0.3 is 0 Å². The van der Waals surface area contributed by atoms with Crippen LogP contribution in [0.2, 0.25) is 0 Å². The third-order valence-electron chi connectivity index (χ3n) is 3.17. The van der Waals surface area contributed by atoms with Gasteiger partial charge in [-0.05, 0) is 26.2 Å². The fourth-order valence-electron chi connectivity index (χ4n) is 2.22. The van der Waals surface area contributed by atoms with Crippen LogP contribution in [0.3, 0.4) is 0 Å². The third kappa shape index (κ3) is 3.68. The average molecular weight is 253 g/mol. The Labute approximate surface area is 108 Å². The van der Waals surface area contributed by atoms with Gasteiger partial charge < -0.3 is 15.4 Å². The molecule has 0 spiro atoms. The molecule has 1 aliphatic rings. The predicted molar refractivity (Wildman–Crippen MR) is 70.6 cm³/mol. The van der Waals surface area contributed by atoms with E-state index >= 15 is 0 Å². The minimum absolute atomic E-state index is 0.249. The van der Waals surface area contributed by atoms with Gasteiger partial charge in [0.05, 0.1) is 0 Å². The Bertz CT molecular complexity index is 354. The molecule has 6 heteroatoms. The van der Waals surface area contributed by atoms with Gasteiger partial charge in [0.1, 0.15) is 5.82 Å². The number of hydrogen-bond acceptors (Lipinski definition) is 5. The number of aromatic nitrogens is 3. The van der Waals surface area contributed by atoms with Crippen molar-refractivity contribution in [3.8, 4) is 0 Å². The molecule has 2 heterocycles. The lowest BCUT2D eigenvalue weighted by Gasteiger charge is -2.29. The molecule has 0 amide bonds. The molecule has 6 nitrogen and oxygen atoms in total. The van der Waals surface area contributed by atoms with Gasteiger partial charge in [-0.2, -0.15) is 4.98 Å². The molecule has 1 unspecified atom stereocenters. The van der Waals surface area contributed by atoms with E-state index in [2.05, 4.69) is 20.1 Å². The Morgan fingerprint density at radius 1 is 1.56 bits per heavy atom. The molecular formula is C12H23N5O. The number of ether oxygens (including phenoxy) is 1. The van der Waals surface area contributed by atoms with E-state index in [1.807, 2.05) is 6.92 Å². The van der Waals surface area contributed by atoms with Crippen molar-refractivity contribution in [1.29, 1.82) is 0 Å². The van der Waals surface area contributed by atoms with E-state index in [1.165, 1.54) is 0 Å². The Morgan fingerprint density at radius 2 is 2.44 bits per heavy atom. The zero-order valence-corrected chi connectivity index (χ0v) is 11.1. The standard InChI is InChI=1S/C12H23N5O/c1-2-18-8-4-6-11-14-12(16-15-11)17-7-3-5-10(13)9-17/h10H,2-9,13H2,1H3,(H,14,15,16). The van der Waals surface area contributed by atoms with Crippen LogP contribution in [0, 0.1) is 0 Å². The largest absolute Gasteiger partial charge is 0.382 e. The molecule has 1 aliphatic heterocycles. The van der Waals surface area contributed by atoms with Crippen molar-refractivity contribution in [3.05, 3.63) is 5.82 Å². The van der Waals surface area contributed by atoms with Gasteiger partial charge in [-0.25, -0.2) is 0 Å². The lowest BCUT2D eigenvalue weighted by atomic mass is 10.1. The number of piperidine rings is 1. The Morgan fingerprint density at radius 3 is 3.22 bits per heavy atom. The van der Waals surface area contributed by atoms with Crippen LogP contribution in [-0.2, 0) is 11.2 Å². The number of nitrogens with zero attached hydrogens (tertiary/aromatic N) is 3. The molecule has 0 saturated carbocycles. The number of hydrogen-bond donors (Lipinski definition) is 2. The lowest BCUT2D eigenvalue weighted by molar-refractivity contribution is 0.145. The van der Waals surface area contributed by atoms with Crippen molar-refractivity contribution in [2.24, 2.45) is 5.73 Å². The van der Waals surface area contributed by atoms with E-state index in [0.29, 0.717) is 0 Å². The van der Waals surface area contributed by atoms with Gasteiger partial charge in [-0.15, -0.1) is 5.10 Å². The van der Waals surface area contributed by atoms with Crippen molar-refractivity contribution >= 4 is 5.95 Å². The molecule has 0 aliphatic carbocycles. The van der Waals surface area contributed by atoms with Crippen LogP contribution >= 0.6 is 0 Å². The highest BCUT2D eigenvalue weighted by Crippen LogP contribution is 2.15. The first-order valence-electron chi connectivity index (χ1n) is 6.79. The fraction of sp³-hybridized carbons (Fsp3) is 0.833. The maximum atomic E-state index is 5.96. The number of aryl methyl sites for hydroxylation is 1. The molecule has 1 atom stereocenters. The monoisotopic (exact) mass is 253 g/mol. The maximum absolute atomic E-state index is 5.96. The van der Waals surface area contributed by atoms with Gasteiger partial charge in [0.25, 0.3) is 0 Å². The van der Waals surface area contributed by atoms with Gasteiger partial charge in [0.2, 0.25) is 5.95 Å². The highest BCUT2D eigenvalue weighted by Gasteiger charge is 2.19. The maximum Gasteiger partial charge on any atom is 0.244 e. The highest BCUT2D eigenvalue weighted by atomic mass is 16.5. The molecule has 0 bridgehead atoms. The molecule has 102 valence electrons. The summed E-state index contributed by atoms with van der Waals surface area (Å²) in [5.74, 6) is 1.72. The zero-order chi connectivity index (χ0) is 12.8. The first-order valence-corrected chi connectivity index (χ1v) is 6.79. The first kappa shape index (κ1) is 13.3. The van der Waals surface area contributed by atoms with Crippen LogP contribution < -0.4 is 10.6 Å². The van der Waals surface area contributed by atoms with E-state index in [4.69, 9.17) is 10.5 Å². The Hall–Kier alpha value is -1.14. The summed E-state index contributed by atoms with van der Waals surface area (Å²) in [5.41, 5.74) is 5.96. The van der Waals surface area contributed by atoms with E-state index in [1.54, 1.807) is 0 Å². The summed E-state index contributed by atoms with van der Waals surface area (Å²) >= 11 is 0. The summed E-state index contributed by atoms with van der Waals surface area (Å²) in [5, 5.41) is 7.26. The second kappa shape index (κ2) is 6.70. The average Bonchev–Trinajstić information content (AvgIpc) is 2.83. The molecule has 1 aromatic heterocycles. The molecule has 2 rings (SSSR count). The van der Waals surface area contributed by atoms with Crippen LogP contribution in [0.25, 0.3) is 0 Å². The van der Waals surface area contributed by atoms with E-state index in [0.717, 1.165) is 63.8 Å². The van der Waals surface area contributed by atoms with Crippen LogP contribution in [0.15, 0.2) is 0 Å². The number of nitrogens with two attached hydrogens (primary N) is 1. The lowest BCUT2D eigenvalue weighted by Crippen LogP contribution is -2.43. The quantitative estimate of drug-likeness (QED) is 0.730. The van der Waals surface area contributed by atoms with Gasteiger partial charge in [0, 0.05) is 38.8 Å². The Kier molecular flexibility index (Phi) is 4.95. The molecule has 1 saturated heterocycles. The van der Waals surface area contributed by atoms with Crippen LogP contribution in [0.1, 0.15) is 32.0 Å². The van der Waals surface area contributed by atoms with Crippen molar-refractivity contribution in [3.63, 3.8) is 0 Å². The molecule has 1 fully saturated rings. The third-order valence-corrected chi connectivity index (χ3v) is 3.17. The summed E-state index contributed by atoms with van der Waals surface area (Å²) in [6, 6.07) is 0.249. The topological polar surface area (TPSA) is 80.1 Å². The smallest absolute Gasteiger partial charge is 0.244 e. The molecule has 18 heavy (non-hydrogen) atoms. The minimum Gasteiger partial charge on any atom is -0.382 e. The van der Waals surface area contributed by atoms with E-state index in [-0.39, 0.29) is 6.04 Å². The molecule has 0 aromatic carbocycles. The molecule has 1 aromatic rings. The van der Waals surface area contributed by atoms with Crippen LogP contribution in [-0.4, -0.2) is 47.5 Å². The number of nitrogens with one attached hydrogen (secondary N) is 1. The summed E-state index contributed by atoms with van der Waals surface area (Å²) in [6.07, 6.45) is 4.08. The van der Waals surface area contributed by atoms with Crippen LogP contribution in [0.5, 0.6) is 0 Å². The summed E-state index contributed by atoms with van der Waals surface area (Å²) < 4.78 is 5.30. The molecular weight excluding hydrogens is 230 g/mol. The number of anilines is 1. The SMILES string of the molecule is CCOCCCc1nc(N2CCCC(N)C2)n[nH]1. The van der Waals surface area contributed by atoms with Crippen LogP contribution in [0.4, 0.5) is 5.95 Å². The van der Waals surface area contributed by atoms with Crippen molar-refractivity contribution < 1.29 is 4.74 Å². The zero-order valence-electron chi connectivity index (χ0n) is 11.1. The van der Waals surface area contributed by atoms with Gasteiger partial charge in [-0.3, -0.25) is 5.10 Å². The molecule has 3 N–H and O–H groups in total. The predicted octanol–water partition coefficient (Wildman–Crippen LogP) is 0.701. The van der Waals surface area contributed by atoms with E-state index in [9.17, 15) is 0 Å². The summed E-state index contributed by atoms with van der Waals surface area (Å²) in [4.78, 5) is 6.68. The van der Waals surface area contributed by atoms with E-state index < -0.39 is 0 Å². The summed E-state index contributed by atoms with van der Waals surface area (Å²) in [6.45, 7) is 5.42. The Balaban J connectivity index is 1.81. The van der Waals surface area contributed by atoms with Crippen molar-refractivity contribution in [2.75, 3.05) is 31.2 Å². The molecule has 0 radical (unpaired) electrons. The first-order chi connectivity index (χ1) is 8.79. The minimum atomic E-state index is 0.249. The summed E-state index contributed by atoms with van der Waals surface area (Å²) in [7, 11) is 0. The highest BCUT2D eigenvalue weighted by molar-refractivity contribution is 5.29. The van der Waals surface area contributed by atoms with Crippen molar-refractivity contribution in [2.45, 2.75) is 38.6 Å². The second-order valence-corrected chi connectivity index (χ2v) is 4.73.